The molecule has 1 saturated heterocycles. The molecule has 0 aromatic carbocycles. The predicted octanol–water partition coefficient (Wildman–Crippen LogP) is 1.59. The van der Waals surface area contributed by atoms with Crippen molar-refractivity contribution in [2.24, 2.45) is 0 Å². The normalized spacial score (nSPS) is 18.0. The smallest absolute Gasteiger partial charge is 0.317 e. The second-order valence-corrected chi connectivity index (χ2v) is 5.56. The van der Waals surface area contributed by atoms with E-state index in [-0.39, 0.29) is 12.1 Å². The number of carbonyl (C=O) groups excluding carboxylic acids is 1. The summed E-state index contributed by atoms with van der Waals surface area (Å²) in [5.41, 5.74) is 0.944. The summed E-state index contributed by atoms with van der Waals surface area (Å²) < 4.78 is 7.20. The first-order chi connectivity index (χ1) is 11.3. The summed E-state index contributed by atoms with van der Waals surface area (Å²) in [6.07, 6.45) is 9.08. The summed E-state index contributed by atoms with van der Waals surface area (Å²) in [7, 11) is 1.69. The number of ether oxygens (including phenoxy) is 1. The highest BCUT2D eigenvalue weighted by Crippen LogP contribution is 2.14. The predicted molar refractivity (Wildman–Crippen MR) is 85.2 cm³/mol. The van der Waals surface area contributed by atoms with Crippen LogP contribution in [-0.2, 0) is 11.3 Å². The zero-order valence-corrected chi connectivity index (χ0v) is 13.2. The molecule has 1 unspecified atom stereocenters. The summed E-state index contributed by atoms with van der Waals surface area (Å²) in [5, 5.41) is 2.97. The third kappa shape index (κ3) is 3.68. The Morgan fingerprint density at radius 1 is 1.48 bits per heavy atom. The first-order valence-corrected chi connectivity index (χ1v) is 7.75. The summed E-state index contributed by atoms with van der Waals surface area (Å²) in [5.74, 6) is 0.777. The molecule has 0 bridgehead atoms. The molecule has 1 atom stereocenters. The van der Waals surface area contributed by atoms with E-state index < -0.39 is 0 Å². The fourth-order valence-corrected chi connectivity index (χ4v) is 2.78. The van der Waals surface area contributed by atoms with Crippen molar-refractivity contribution in [3.05, 3.63) is 42.6 Å². The van der Waals surface area contributed by atoms with Gasteiger partial charge in [-0.1, -0.05) is 6.07 Å². The Labute approximate surface area is 135 Å². The van der Waals surface area contributed by atoms with Gasteiger partial charge in [-0.25, -0.2) is 14.8 Å². The van der Waals surface area contributed by atoms with E-state index in [1.54, 1.807) is 25.8 Å². The maximum absolute atomic E-state index is 12.4. The van der Waals surface area contributed by atoms with Crippen molar-refractivity contribution >= 4 is 6.03 Å². The largest absolute Gasteiger partial charge is 0.380 e. The van der Waals surface area contributed by atoms with Gasteiger partial charge >= 0.3 is 6.03 Å². The minimum absolute atomic E-state index is 0.0628. The van der Waals surface area contributed by atoms with Crippen molar-refractivity contribution < 1.29 is 9.53 Å². The molecule has 3 rings (SSSR count). The van der Waals surface area contributed by atoms with Crippen LogP contribution in [-0.4, -0.2) is 51.8 Å². The van der Waals surface area contributed by atoms with Crippen LogP contribution in [0.5, 0.6) is 0 Å². The number of urea groups is 1. The Kier molecular flexibility index (Phi) is 4.87. The van der Waals surface area contributed by atoms with Crippen LogP contribution >= 0.6 is 0 Å². The third-order valence-corrected chi connectivity index (χ3v) is 4.05. The number of methoxy groups -OCH3 is 1. The lowest BCUT2D eigenvalue weighted by molar-refractivity contribution is 0.0434. The number of piperidine rings is 1. The number of aromatic nitrogens is 3. The van der Waals surface area contributed by atoms with Crippen molar-refractivity contribution in [1.82, 2.24) is 24.8 Å². The van der Waals surface area contributed by atoms with Crippen LogP contribution in [0.1, 0.15) is 18.4 Å². The Morgan fingerprint density at radius 2 is 2.39 bits per heavy atom. The van der Waals surface area contributed by atoms with Gasteiger partial charge in [0.2, 0.25) is 0 Å². The number of carbonyl (C=O) groups is 1. The van der Waals surface area contributed by atoms with E-state index in [4.69, 9.17) is 4.74 Å². The van der Waals surface area contributed by atoms with E-state index in [9.17, 15) is 4.79 Å². The molecule has 7 nitrogen and oxygen atoms in total. The number of hydrogen-bond acceptors (Lipinski definition) is 4. The number of nitrogens with one attached hydrogen (secondary N) is 1. The standard InChI is InChI=1S/C16H21N5O2/c1-23-14-5-3-8-20(11-14)16(22)19-10-13-4-2-6-18-15(13)21-9-7-17-12-21/h2,4,6-7,9,12,14H,3,5,8,10-11H2,1H3,(H,19,22). The molecule has 2 amide bonds. The zero-order valence-electron chi connectivity index (χ0n) is 13.2. The second kappa shape index (κ2) is 7.23. The molecule has 23 heavy (non-hydrogen) atoms. The van der Waals surface area contributed by atoms with Gasteiger partial charge in [0.25, 0.3) is 0 Å². The molecular weight excluding hydrogens is 294 g/mol. The molecule has 1 aliphatic heterocycles. The minimum atomic E-state index is -0.0628. The quantitative estimate of drug-likeness (QED) is 0.930. The molecule has 1 fully saturated rings. The number of rotatable bonds is 4. The molecule has 0 saturated carbocycles. The Morgan fingerprint density at radius 3 is 3.17 bits per heavy atom. The minimum Gasteiger partial charge on any atom is -0.380 e. The van der Waals surface area contributed by atoms with Crippen molar-refractivity contribution in [2.75, 3.05) is 20.2 Å². The van der Waals surface area contributed by atoms with Gasteiger partial charge in [-0.2, -0.15) is 0 Å². The molecule has 2 aromatic heterocycles. The van der Waals surface area contributed by atoms with E-state index in [2.05, 4.69) is 15.3 Å². The van der Waals surface area contributed by atoms with Crippen LogP contribution in [0.2, 0.25) is 0 Å². The van der Waals surface area contributed by atoms with E-state index in [1.807, 2.05) is 27.8 Å². The fourth-order valence-electron chi connectivity index (χ4n) is 2.78. The summed E-state index contributed by atoms with van der Waals surface area (Å²) >= 11 is 0. The van der Waals surface area contributed by atoms with Crippen molar-refractivity contribution in [3.63, 3.8) is 0 Å². The highest BCUT2D eigenvalue weighted by Gasteiger charge is 2.23. The molecule has 0 spiro atoms. The van der Waals surface area contributed by atoms with Crippen LogP contribution in [0.3, 0.4) is 0 Å². The molecule has 1 N–H and O–H groups in total. The molecule has 0 aliphatic carbocycles. The molecule has 3 heterocycles. The number of hydrogen-bond donors (Lipinski definition) is 1. The van der Waals surface area contributed by atoms with Crippen LogP contribution in [0.4, 0.5) is 4.79 Å². The average molecular weight is 315 g/mol. The molecule has 0 radical (unpaired) electrons. The second-order valence-electron chi connectivity index (χ2n) is 5.56. The Balaban J connectivity index is 1.63. The van der Waals surface area contributed by atoms with Crippen LogP contribution in [0.25, 0.3) is 5.82 Å². The topological polar surface area (TPSA) is 72.3 Å². The zero-order chi connectivity index (χ0) is 16.1. The lowest BCUT2D eigenvalue weighted by Crippen LogP contribution is -2.47. The SMILES string of the molecule is COC1CCCN(C(=O)NCc2cccnc2-n2ccnc2)C1. The van der Waals surface area contributed by atoms with E-state index >= 15 is 0 Å². The maximum Gasteiger partial charge on any atom is 0.317 e. The van der Waals surface area contributed by atoms with E-state index in [1.165, 1.54) is 0 Å². The number of pyridine rings is 1. The number of nitrogens with zero attached hydrogens (tertiary/aromatic N) is 4. The van der Waals surface area contributed by atoms with Gasteiger partial charge in [-0.05, 0) is 18.9 Å². The van der Waals surface area contributed by atoms with Gasteiger partial charge in [0.05, 0.1) is 6.10 Å². The van der Waals surface area contributed by atoms with Gasteiger partial charge in [-0.15, -0.1) is 0 Å². The Hall–Kier alpha value is -2.41. The van der Waals surface area contributed by atoms with Crippen LogP contribution in [0.15, 0.2) is 37.1 Å². The summed E-state index contributed by atoms with van der Waals surface area (Å²) in [4.78, 5) is 22.6. The fraction of sp³-hybridized carbons (Fsp3) is 0.438. The Bertz CT molecular complexity index is 644. The highest BCUT2D eigenvalue weighted by molar-refractivity contribution is 5.74. The monoisotopic (exact) mass is 315 g/mol. The maximum atomic E-state index is 12.4. The van der Waals surface area contributed by atoms with Gasteiger partial charge in [-0.3, -0.25) is 4.57 Å². The first-order valence-electron chi connectivity index (χ1n) is 7.75. The van der Waals surface area contributed by atoms with Crippen molar-refractivity contribution in [1.29, 1.82) is 0 Å². The van der Waals surface area contributed by atoms with Crippen LogP contribution < -0.4 is 5.32 Å². The van der Waals surface area contributed by atoms with Gasteiger partial charge < -0.3 is 15.0 Å². The first kappa shape index (κ1) is 15.5. The lowest BCUT2D eigenvalue weighted by atomic mass is 10.1. The molecule has 2 aromatic rings. The van der Waals surface area contributed by atoms with Crippen molar-refractivity contribution in [3.8, 4) is 5.82 Å². The van der Waals surface area contributed by atoms with E-state index in [0.717, 1.165) is 30.8 Å². The average Bonchev–Trinajstić information content (AvgIpc) is 3.14. The molecule has 1 aliphatic rings. The summed E-state index contributed by atoms with van der Waals surface area (Å²) in [6, 6.07) is 3.76. The molecular formula is C16H21N5O2. The number of likely N-dealkylation sites (tertiary alicyclic amines) is 1. The van der Waals surface area contributed by atoms with Gasteiger partial charge in [0.1, 0.15) is 12.1 Å². The number of amides is 2. The summed E-state index contributed by atoms with van der Waals surface area (Å²) in [6.45, 7) is 1.84. The van der Waals surface area contributed by atoms with E-state index in [0.29, 0.717) is 13.1 Å². The highest BCUT2D eigenvalue weighted by atomic mass is 16.5. The molecule has 122 valence electrons. The molecule has 7 heteroatoms. The third-order valence-electron chi connectivity index (χ3n) is 4.05. The van der Waals surface area contributed by atoms with Crippen molar-refractivity contribution in [2.45, 2.75) is 25.5 Å². The lowest BCUT2D eigenvalue weighted by Gasteiger charge is -2.32. The van der Waals surface area contributed by atoms with Gasteiger partial charge in [0.15, 0.2) is 0 Å². The number of imidazole rings is 1. The van der Waals surface area contributed by atoms with Crippen LogP contribution in [0, 0.1) is 0 Å². The van der Waals surface area contributed by atoms with Gasteiger partial charge in [0, 0.05) is 50.9 Å².